The van der Waals surface area contributed by atoms with Crippen LogP contribution in [-0.4, -0.2) is 27.8 Å². The predicted molar refractivity (Wildman–Crippen MR) is 103 cm³/mol. The van der Waals surface area contributed by atoms with Crippen LogP contribution in [0.5, 0.6) is 5.75 Å². The number of carbonyl (C=O) groups excluding carboxylic acids is 1. The molecule has 1 aromatic carbocycles. The third kappa shape index (κ3) is 3.38. The Morgan fingerprint density at radius 1 is 1.39 bits per heavy atom. The zero-order valence-electron chi connectivity index (χ0n) is 15.3. The molecule has 142 valence electrons. The molecule has 0 spiro atoms. The normalized spacial score (nSPS) is 14.5. The standard InChI is InChI=1S/C20H17N3O4S/c1-11-9-16(23-27-11)20(2,25)7-5-12-3-4-14-13(10-12)17-15(6-8-26-14)28-19(22-17)18(21)24/h3-4,9-10,25H,6,8H2,1-2H3,(H2,21,24)/t20-/m1/s1. The molecule has 3 aromatic rings. The van der Waals surface area contributed by atoms with Crippen LogP contribution < -0.4 is 10.5 Å². The molecule has 0 fully saturated rings. The van der Waals surface area contributed by atoms with Crippen molar-refractivity contribution in [1.29, 1.82) is 0 Å². The summed E-state index contributed by atoms with van der Waals surface area (Å²) in [6.45, 7) is 3.80. The van der Waals surface area contributed by atoms with Gasteiger partial charge in [0, 0.05) is 28.5 Å². The molecule has 1 aliphatic heterocycles. The summed E-state index contributed by atoms with van der Waals surface area (Å²) in [6, 6.07) is 7.10. The van der Waals surface area contributed by atoms with E-state index in [0.717, 1.165) is 10.4 Å². The Kier molecular flexibility index (Phi) is 4.41. The Balaban J connectivity index is 1.73. The van der Waals surface area contributed by atoms with E-state index < -0.39 is 11.5 Å². The zero-order valence-corrected chi connectivity index (χ0v) is 16.1. The second-order valence-electron chi connectivity index (χ2n) is 6.61. The maximum Gasteiger partial charge on any atom is 0.277 e. The molecule has 7 nitrogen and oxygen atoms in total. The smallest absolute Gasteiger partial charge is 0.277 e. The van der Waals surface area contributed by atoms with Crippen LogP contribution in [-0.2, 0) is 12.0 Å². The summed E-state index contributed by atoms with van der Waals surface area (Å²) in [5.74, 6) is 6.52. The predicted octanol–water partition coefficient (Wildman–Crippen LogP) is 2.40. The summed E-state index contributed by atoms with van der Waals surface area (Å²) in [5.41, 5.74) is 6.39. The molecule has 3 heterocycles. The molecule has 0 bridgehead atoms. The van der Waals surface area contributed by atoms with E-state index in [9.17, 15) is 9.90 Å². The van der Waals surface area contributed by atoms with Gasteiger partial charge in [-0.2, -0.15) is 0 Å². The zero-order chi connectivity index (χ0) is 19.9. The number of hydrogen-bond acceptors (Lipinski definition) is 7. The van der Waals surface area contributed by atoms with Gasteiger partial charge >= 0.3 is 0 Å². The summed E-state index contributed by atoms with van der Waals surface area (Å²) in [5, 5.41) is 14.7. The van der Waals surface area contributed by atoms with Gasteiger partial charge in [0.05, 0.1) is 12.3 Å². The van der Waals surface area contributed by atoms with E-state index in [1.165, 1.54) is 11.3 Å². The van der Waals surface area contributed by atoms with Crippen molar-refractivity contribution in [3.63, 3.8) is 0 Å². The molecule has 28 heavy (non-hydrogen) atoms. The van der Waals surface area contributed by atoms with Crippen LogP contribution in [0.1, 0.15) is 38.6 Å². The van der Waals surface area contributed by atoms with Crippen LogP contribution in [0.2, 0.25) is 0 Å². The third-order valence-electron chi connectivity index (χ3n) is 4.31. The van der Waals surface area contributed by atoms with Gasteiger partial charge in [-0.3, -0.25) is 4.79 Å². The van der Waals surface area contributed by atoms with Crippen molar-refractivity contribution < 1.29 is 19.2 Å². The van der Waals surface area contributed by atoms with Gasteiger partial charge in [-0.05, 0) is 32.0 Å². The molecule has 8 heteroatoms. The van der Waals surface area contributed by atoms with Gasteiger partial charge < -0.3 is 20.1 Å². The number of nitrogens with two attached hydrogens (primary N) is 1. The first-order valence-electron chi connectivity index (χ1n) is 8.59. The number of benzene rings is 1. The van der Waals surface area contributed by atoms with Gasteiger partial charge in [0.25, 0.3) is 5.91 Å². The highest BCUT2D eigenvalue weighted by atomic mass is 32.1. The van der Waals surface area contributed by atoms with E-state index >= 15 is 0 Å². The van der Waals surface area contributed by atoms with Crippen molar-refractivity contribution in [3.8, 4) is 28.8 Å². The molecule has 1 atom stereocenters. The lowest BCUT2D eigenvalue weighted by molar-refractivity contribution is 0.0999. The van der Waals surface area contributed by atoms with Crippen molar-refractivity contribution in [2.45, 2.75) is 25.9 Å². The fourth-order valence-corrected chi connectivity index (χ4v) is 3.77. The average Bonchev–Trinajstić information content (AvgIpc) is 3.24. The average molecular weight is 395 g/mol. The van der Waals surface area contributed by atoms with Gasteiger partial charge in [0.15, 0.2) is 10.6 Å². The topological polar surface area (TPSA) is 111 Å². The summed E-state index contributed by atoms with van der Waals surface area (Å²) in [6.07, 6.45) is 0.649. The van der Waals surface area contributed by atoms with Crippen LogP contribution in [0.4, 0.5) is 0 Å². The summed E-state index contributed by atoms with van der Waals surface area (Å²) in [7, 11) is 0. The van der Waals surface area contributed by atoms with Gasteiger partial charge in [0.1, 0.15) is 17.2 Å². The van der Waals surface area contributed by atoms with Crippen LogP contribution in [0, 0.1) is 18.8 Å². The Labute approximate surface area is 165 Å². The number of fused-ring (bicyclic) bond motifs is 3. The van der Waals surface area contributed by atoms with Crippen LogP contribution in [0.25, 0.3) is 11.3 Å². The number of hydrogen-bond donors (Lipinski definition) is 2. The van der Waals surface area contributed by atoms with E-state index in [1.807, 2.05) is 18.2 Å². The first-order valence-corrected chi connectivity index (χ1v) is 9.41. The van der Waals surface area contributed by atoms with Crippen molar-refractivity contribution in [3.05, 3.63) is 51.2 Å². The number of rotatable bonds is 2. The number of aromatic nitrogens is 2. The van der Waals surface area contributed by atoms with E-state index in [1.54, 1.807) is 19.9 Å². The Morgan fingerprint density at radius 3 is 2.93 bits per heavy atom. The van der Waals surface area contributed by atoms with Crippen LogP contribution in [0.15, 0.2) is 28.8 Å². The molecule has 1 aliphatic rings. The maximum absolute atomic E-state index is 11.5. The van der Waals surface area contributed by atoms with Crippen LogP contribution >= 0.6 is 11.3 Å². The largest absolute Gasteiger partial charge is 0.493 e. The minimum Gasteiger partial charge on any atom is -0.493 e. The number of aliphatic hydroxyl groups is 1. The van der Waals surface area contributed by atoms with Crippen molar-refractivity contribution >= 4 is 17.2 Å². The maximum atomic E-state index is 11.5. The first-order chi connectivity index (χ1) is 13.3. The number of thiazole rings is 1. The van der Waals surface area contributed by atoms with E-state index in [2.05, 4.69) is 22.0 Å². The molecule has 0 saturated carbocycles. The van der Waals surface area contributed by atoms with Crippen LogP contribution in [0.3, 0.4) is 0 Å². The van der Waals surface area contributed by atoms with Crippen molar-refractivity contribution in [1.82, 2.24) is 10.1 Å². The molecule has 0 unspecified atom stereocenters. The van der Waals surface area contributed by atoms with Gasteiger partial charge in [0.2, 0.25) is 0 Å². The molecule has 0 aliphatic carbocycles. The Bertz CT molecular complexity index is 1130. The minimum absolute atomic E-state index is 0.277. The molecule has 4 rings (SSSR count). The first kappa shape index (κ1) is 18.2. The molecular weight excluding hydrogens is 378 g/mol. The summed E-state index contributed by atoms with van der Waals surface area (Å²) in [4.78, 5) is 16.9. The van der Waals surface area contributed by atoms with Crippen molar-refractivity contribution in [2.75, 3.05) is 6.61 Å². The van der Waals surface area contributed by atoms with E-state index in [4.69, 9.17) is 15.0 Å². The second-order valence-corrected chi connectivity index (χ2v) is 7.69. The lowest BCUT2D eigenvalue weighted by atomic mass is 10.0. The SMILES string of the molecule is Cc1cc([C@](C)(O)C#Cc2ccc3c(c2)-c2nc(C(N)=O)sc2CCO3)no1. The lowest BCUT2D eigenvalue weighted by Crippen LogP contribution is -2.18. The van der Waals surface area contributed by atoms with E-state index in [0.29, 0.717) is 41.5 Å². The third-order valence-corrected chi connectivity index (χ3v) is 5.44. The number of amides is 1. The summed E-state index contributed by atoms with van der Waals surface area (Å²) >= 11 is 1.28. The number of aryl methyl sites for hydroxylation is 1. The van der Waals surface area contributed by atoms with Crippen molar-refractivity contribution in [2.24, 2.45) is 5.73 Å². The minimum atomic E-state index is -1.45. The quantitative estimate of drug-likeness (QED) is 0.645. The molecular formula is C20H17N3O4S. The second kappa shape index (κ2) is 6.78. The number of ether oxygens (including phenoxy) is 1. The lowest BCUT2D eigenvalue weighted by Gasteiger charge is -2.11. The monoisotopic (exact) mass is 395 g/mol. The number of carbonyl (C=O) groups is 1. The highest BCUT2D eigenvalue weighted by Gasteiger charge is 2.25. The Hall–Kier alpha value is -3.15. The highest BCUT2D eigenvalue weighted by molar-refractivity contribution is 7.14. The summed E-state index contributed by atoms with van der Waals surface area (Å²) < 4.78 is 10.8. The van der Waals surface area contributed by atoms with Gasteiger partial charge in [-0.1, -0.05) is 17.0 Å². The molecule has 1 amide bonds. The molecule has 2 aromatic heterocycles. The fourth-order valence-electron chi connectivity index (χ4n) is 2.86. The number of nitrogens with zero attached hydrogens (tertiary/aromatic N) is 2. The van der Waals surface area contributed by atoms with E-state index in [-0.39, 0.29) is 5.01 Å². The molecule has 0 radical (unpaired) electrons. The fraction of sp³-hybridized carbons (Fsp3) is 0.250. The Morgan fingerprint density at radius 2 is 2.21 bits per heavy atom. The molecule has 3 N–H and O–H groups in total. The van der Waals surface area contributed by atoms with Gasteiger partial charge in [-0.25, -0.2) is 4.98 Å². The number of primary amides is 1. The highest BCUT2D eigenvalue weighted by Crippen LogP contribution is 2.38. The van der Waals surface area contributed by atoms with Gasteiger partial charge in [-0.15, -0.1) is 11.3 Å². The molecule has 0 saturated heterocycles.